The molecule has 0 radical (unpaired) electrons. The molecule has 110 valence electrons. The van der Waals surface area contributed by atoms with Crippen LogP contribution in [0.5, 0.6) is 0 Å². The highest BCUT2D eigenvalue weighted by Crippen LogP contribution is 2.39. The van der Waals surface area contributed by atoms with E-state index in [4.69, 9.17) is 0 Å². The molecule has 2 amide bonds. The predicted octanol–water partition coefficient (Wildman–Crippen LogP) is 2.82. The van der Waals surface area contributed by atoms with Crippen molar-refractivity contribution < 1.29 is 4.79 Å². The topological polar surface area (TPSA) is 50.2 Å². The van der Waals surface area contributed by atoms with Gasteiger partial charge in [0.05, 0.1) is 17.9 Å². The van der Waals surface area contributed by atoms with Gasteiger partial charge in [0.25, 0.3) is 0 Å². The number of anilines is 1. The van der Waals surface area contributed by atoms with Gasteiger partial charge in [-0.2, -0.15) is 16.9 Å². The molecule has 1 saturated carbocycles. The second-order valence-corrected chi connectivity index (χ2v) is 6.89. The third-order valence-electron chi connectivity index (χ3n) is 4.08. The highest BCUT2D eigenvalue weighted by Gasteiger charge is 2.29. The van der Waals surface area contributed by atoms with Gasteiger partial charge in [-0.15, -0.1) is 0 Å². The van der Waals surface area contributed by atoms with Crippen molar-refractivity contribution in [3.63, 3.8) is 0 Å². The number of hydrogen-bond donors (Lipinski definition) is 1. The molecule has 1 saturated heterocycles. The molecule has 1 aliphatic carbocycles. The van der Waals surface area contributed by atoms with Crippen molar-refractivity contribution in [1.29, 1.82) is 0 Å². The molecule has 2 heterocycles. The van der Waals surface area contributed by atoms with Crippen LogP contribution < -0.4 is 5.32 Å². The fourth-order valence-corrected chi connectivity index (χ4v) is 3.46. The highest BCUT2D eigenvalue weighted by atomic mass is 32.2. The SMILES string of the molecule is CC(C1CC1)n1cc(NC(=O)N2CCCSCC2)cn1. The molecular formula is C14H22N4OS. The molecule has 0 bridgehead atoms. The monoisotopic (exact) mass is 294 g/mol. The zero-order valence-electron chi connectivity index (χ0n) is 11.9. The molecule has 20 heavy (non-hydrogen) atoms. The standard InChI is InChI=1S/C14H22N4OS/c1-11(12-3-4-12)18-10-13(9-15-18)16-14(19)17-5-2-7-20-8-6-17/h9-12H,2-8H2,1H3,(H,16,19). The van der Waals surface area contributed by atoms with Crippen LogP contribution in [0.15, 0.2) is 12.4 Å². The van der Waals surface area contributed by atoms with E-state index in [-0.39, 0.29) is 6.03 Å². The molecule has 1 aromatic heterocycles. The normalized spacial score (nSPS) is 21.4. The van der Waals surface area contributed by atoms with Gasteiger partial charge in [-0.05, 0) is 37.9 Å². The van der Waals surface area contributed by atoms with Crippen LogP contribution in [0.25, 0.3) is 0 Å². The Morgan fingerprint density at radius 3 is 3.10 bits per heavy atom. The van der Waals surface area contributed by atoms with Crippen molar-refractivity contribution in [3.8, 4) is 0 Å². The van der Waals surface area contributed by atoms with Gasteiger partial charge in [0.15, 0.2) is 0 Å². The van der Waals surface area contributed by atoms with Gasteiger partial charge in [-0.1, -0.05) is 0 Å². The third-order valence-corrected chi connectivity index (χ3v) is 5.13. The molecule has 5 nitrogen and oxygen atoms in total. The lowest BCUT2D eigenvalue weighted by molar-refractivity contribution is 0.216. The summed E-state index contributed by atoms with van der Waals surface area (Å²) in [6, 6.07) is 0.446. The second-order valence-electron chi connectivity index (χ2n) is 5.67. The Bertz CT molecular complexity index is 463. The van der Waals surface area contributed by atoms with E-state index in [2.05, 4.69) is 17.3 Å². The summed E-state index contributed by atoms with van der Waals surface area (Å²) in [5.74, 6) is 2.95. The molecule has 0 aromatic carbocycles. The number of urea groups is 1. The number of aromatic nitrogens is 2. The Kier molecular flexibility index (Phi) is 4.19. The van der Waals surface area contributed by atoms with Crippen molar-refractivity contribution >= 4 is 23.5 Å². The first-order chi connectivity index (χ1) is 9.74. The molecule has 3 rings (SSSR count). The fraction of sp³-hybridized carbons (Fsp3) is 0.714. The largest absolute Gasteiger partial charge is 0.324 e. The van der Waals surface area contributed by atoms with Crippen molar-refractivity contribution in [2.24, 2.45) is 5.92 Å². The van der Waals surface area contributed by atoms with Crippen molar-refractivity contribution in [2.45, 2.75) is 32.2 Å². The van der Waals surface area contributed by atoms with Crippen molar-refractivity contribution in [3.05, 3.63) is 12.4 Å². The predicted molar refractivity (Wildman–Crippen MR) is 82.2 cm³/mol. The second kappa shape index (κ2) is 6.08. The molecular weight excluding hydrogens is 272 g/mol. The van der Waals surface area contributed by atoms with Crippen LogP contribution in [0, 0.1) is 5.92 Å². The van der Waals surface area contributed by atoms with Gasteiger partial charge in [0.1, 0.15) is 0 Å². The summed E-state index contributed by atoms with van der Waals surface area (Å²) in [5.41, 5.74) is 0.805. The number of carbonyl (C=O) groups excluding carboxylic acids is 1. The van der Waals surface area contributed by atoms with Crippen LogP contribution in [0.4, 0.5) is 10.5 Å². The van der Waals surface area contributed by atoms with Gasteiger partial charge in [0.2, 0.25) is 0 Å². The van der Waals surface area contributed by atoms with E-state index in [1.807, 2.05) is 27.5 Å². The van der Waals surface area contributed by atoms with E-state index in [9.17, 15) is 4.79 Å². The lowest BCUT2D eigenvalue weighted by Crippen LogP contribution is -2.36. The summed E-state index contributed by atoms with van der Waals surface area (Å²) < 4.78 is 1.98. The van der Waals surface area contributed by atoms with E-state index < -0.39 is 0 Å². The average Bonchev–Trinajstić information content (AvgIpc) is 3.23. The molecule has 1 N–H and O–H groups in total. The van der Waals surface area contributed by atoms with E-state index in [0.717, 1.165) is 42.6 Å². The zero-order valence-corrected chi connectivity index (χ0v) is 12.7. The number of nitrogens with zero attached hydrogens (tertiary/aromatic N) is 3. The molecule has 2 aliphatic rings. The van der Waals surface area contributed by atoms with E-state index >= 15 is 0 Å². The highest BCUT2D eigenvalue weighted by molar-refractivity contribution is 7.99. The fourth-order valence-electron chi connectivity index (χ4n) is 2.57. The average molecular weight is 294 g/mol. The first-order valence-corrected chi connectivity index (χ1v) is 8.57. The summed E-state index contributed by atoms with van der Waals surface area (Å²) >= 11 is 1.92. The summed E-state index contributed by atoms with van der Waals surface area (Å²) in [4.78, 5) is 14.1. The molecule has 1 aromatic rings. The Labute approximate surface area is 124 Å². The maximum Gasteiger partial charge on any atom is 0.321 e. The van der Waals surface area contributed by atoms with Crippen LogP contribution in [-0.2, 0) is 0 Å². The Morgan fingerprint density at radius 2 is 2.30 bits per heavy atom. The van der Waals surface area contributed by atoms with E-state index in [0.29, 0.717) is 6.04 Å². The van der Waals surface area contributed by atoms with Crippen LogP contribution >= 0.6 is 11.8 Å². The number of rotatable bonds is 3. The number of nitrogens with one attached hydrogen (secondary N) is 1. The summed E-state index contributed by atoms with van der Waals surface area (Å²) in [5, 5.41) is 7.34. The van der Waals surface area contributed by atoms with Gasteiger partial charge < -0.3 is 10.2 Å². The Balaban J connectivity index is 1.57. The van der Waals surface area contributed by atoms with Gasteiger partial charge in [0, 0.05) is 25.0 Å². The number of amides is 2. The van der Waals surface area contributed by atoms with E-state index in [1.165, 1.54) is 12.8 Å². The Hall–Kier alpha value is -1.17. The van der Waals surface area contributed by atoms with Crippen LogP contribution in [-0.4, -0.2) is 45.3 Å². The molecule has 6 heteroatoms. The molecule has 1 atom stereocenters. The number of carbonyl (C=O) groups is 1. The van der Waals surface area contributed by atoms with Crippen LogP contribution in [0.3, 0.4) is 0 Å². The first-order valence-electron chi connectivity index (χ1n) is 7.42. The van der Waals surface area contributed by atoms with Crippen molar-refractivity contribution in [2.75, 3.05) is 29.9 Å². The number of hydrogen-bond acceptors (Lipinski definition) is 3. The molecule has 0 spiro atoms. The lowest BCUT2D eigenvalue weighted by atomic mass is 10.2. The minimum atomic E-state index is 0.00567. The summed E-state index contributed by atoms with van der Waals surface area (Å²) in [7, 11) is 0. The first kappa shape index (κ1) is 13.8. The van der Waals surface area contributed by atoms with Gasteiger partial charge in [-0.3, -0.25) is 4.68 Å². The molecule has 1 aliphatic heterocycles. The summed E-state index contributed by atoms with van der Waals surface area (Å²) in [6.45, 7) is 3.89. The van der Waals surface area contributed by atoms with Gasteiger partial charge >= 0.3 is 6.03 Å². The third kappa shape index (κ3) is 3.29. The summed E-state index contributed by atoms with van der Waals surface area (Å²) in [6.07, 6.45) is 7.38. The van der Waals surface area contributed by atoms with Gasteiger partial charge in [-0.25, -0.2) is 4.79 Å². The number of thioether (sulfide) groups is 1. The maximum absolute atomic E-state index is 12.2. The molecule has 1 unspecified atom stereocenters. The smallest absolute Gasteiger partial charge is 0.321 e. The zero-order chi connectivity index (χ0) is 13.9. The van der Waals surface area contributed by atoms with Crippen molar-refractivity contribution in [1.82, 2.24) is 14.7 Å². The van der Waals surface area contributed by atoms with E-state index in [1.54, 1.807) is 6.20 Å². The minimum absolute atomic E-state index is 0.00567. The Morgan fingerprint density at radius 1 is 1.45 bits per heavy atom. The quantitative estimate of drug-likeness (QED) is 0.932. The van der Waals surface area contributed by atoms with Crippen LogP contribution in [0.1, 0.15) is 32.2 Å². The minimum Gasteiger partial charge on any atom is -0.324 e. The van der Waals surface area contributed by atoms with Crippen LogP contribution in [0.2, 0.25) is 0 Å². The lowest BCUT2D eigenvalue weighted by Gasteiger charge is -2.19. The molecule has 2 fully saturated rings. The maximum atomic E-state index is 12.2.